The van der Waals surface area contributed by atoms with E-state index < -0.39 is 0 Å². The minimum Gasteiger partial charge on any atom is -0.481 e. The highest BCUT2D eigenvalue weighted by atomic mass is 16.5. The predicted octanol–water partition coefficient (Wildman–Crippen LogP) is 4.13. The second-order valence-electron chi connectivity index (χ2n) is 6.06. The van der Waals surface area contributed by atoms with E-state index in [4.69, 9.17) is 4.74 Å². The molecule has 0 bridgehead atoms. The first-order valence-electron chi connectivity index (χ1n) is 8.06. The van der Waals surface area contributed by atoms with Gasteiger partial charge in [-0.3, -0.25) is 4.90 Å². The van der Waals surface area contributed by atoms with E-state index in [9.17, 15) is 0 Å². The summed E-state index contributed by atoms with van der Waals surface area (Å²) in [6.45, 7) is 4.24. The molecule has 0 radical (unpaired) electrons. The van der Waals surface area contributed by atoms with Gasteiger partial charge in [-0.2, -0.15) is 0 Å². The van der Waals surface area contributed by atoms with Gasteiger partial charge < -0.3 is 4.74 Å². The van der Waals surface area contributed by atoms with Gasteiger partial charge in [0.1, 0.15) is 0 Å². The summed E-state index contributed by atoms with van der Waals surface area (Å²) in [4.78, 5) is 7.05. The number of hydrogen-bond acceptors (Lipinski definition) is 3. The first kappa shape index (κ1) is 15.0. The van der Waals surface area contributed by atoms with E-state index in [2.05, 4.69) is 53.2 Å². The van der Waals surface area contributed by atoms with Crippen LogP contribution in [0.2, 0.25) is 0 Å². The Balaban J connectivity index is 1.81. The van der Waals surface area contributed by atoms with Crippen molar-refractivity contribution in [2.45, 2.75) is 38.8 Å². The third-order valence-corrected chi connectivity index (χ3v) is 4.47. The van der Waals surface area contributed by atoms with E-state index >= 15 is 0 Å². The lowest BCUT2D eigenvalue weighted by Crippen LogP contribution is -2.33. The van der Waals surface area contributed by atoms with Gasteiger partial charge in [-0.15, -0.1) is 0 Å². The third-order valence-electron chi connectivity index (χ3n) is 4.47. The van der Waals surface area contributed by atoms with E-state index in [1.807, 2.05) is 6.20 Å². The van der Waals surface area contributed by atoms with E-state index in [1.54, 1.807) is 7.11 Å². The molecule has 0 N–H and O–H groups in total. The molecule has 0 amide bonds. The summed E-state index contributed by atoms with van der Waals surface area (Å²) in [6, 6.07) is 13.4. The van der Waals surface area contributed by atoms with Crippen LogP contribution in [0.3, 0.4) is 0 Å². The maximum absolute atomic E-state index is 5.29. The number of likely N-dealkylation sites (tertiary alicyclic amines) is 1. The van der Waals surface area contributed by atoms with Crippen molar-refractivity contribution in [1.82, 2.24) is 9.88 Å². The molecule has 3 rings (SSSR count). The molecule has 1 atom stereocenters. The number of aromatic nitrogens is 1. The average Bonchev–Trinajstić information content (AvgIpc) is 2.56. The van der Waals surface area contributed by atoms with Crippen LogP contribution in [0.5, 0.6) is 5.88 Å². The Morgan fingerprint density at radius 2 is 2.05 bits per heavy atom. The highest BCUT2D eigenvalue weighted by Crippen LogP contribution is 2.33. The Morgan fingerprint density at radius 1 is 1.23 bits per heavy atom. The van der Waals surface area contributed by atoms with Gasteiger partial charge in [0.2, 0.25) is 5.88 Å². The third kappa shape index (κ3) is 3.30. The molecule has 1 aliphatic heterocycles. The number of rotatable bonds is 4. The summed E-state index contributed by atoms with van der Waals surface area (Å²) in [5.41, 5.74) is 3.81. The molecule has 0 saturated carbocycles. The van der Waals surface area contributed by atoms with Gasteiger partial charge in [0.15, 0.2) is 0 Å². The molecule has 0 unspecified atom stereocenters. The zero-order valence-corrected chi connectivity index (χ0v) is 13.5. The Labute approximate surface area is 132 Å². The lowest BCUT2D eigenvalue weighted by molar-refractivity contribution is 0.140. The standard InChI is InChI=1S/C19H24N2O/c1-15-12-17(13-20-19(15)22-2)18-10-6-7-11-21(18)14-16-8-4-3-5-9-16/h3-5,8-9,12-13,18H,6-7,10-11,14H2,1-2H3/t18-/m0/s1. The predicted molar refractivity (Wildman–Crippen MR) is 89.0 cm³/mol. The number of hydrogen-bond donors (Lipinski definition) is 0. The van der Waals surface area contributed by atoms with Crippen LogP contribution in [0.4, 0.5) is 0 Å². The van der Waals surface area contributed by atoms with Gasteiger partial charge in [0.25, 0.3) is 0 Å². The zero-order valence-electron chi connectivity index (χ0n) is 13.5. The van der Waals surface area contributed by atoms with Crippen LogP contribution in [0.25, 0.3) is 0 Å². The average molecular weight is 296 g/mol. The van der Waals surface area contributed by atoms with Gasteiger partial charge in [-0.05, 0) is 43.5 Å². The van der Waals surface area contributed by atoms with E-state index in [0.29, 0.717) is 6.04 Å². The Hall–Kier alpha value is -1.87. The maximum Gasteiger partial charge on any atom is 0.215 e. The molecule has 2 heterocycles. The fraction of sp³-hybridized carbons (Fsp3) is 0.421. The quantitative estimate of drug-likeness (QED) is 0.848. The van der Waals surface area contributed by atoms with Gasteiger partial charge in [0, 0.05) is 24.3 Å². The summed E-state index contributed by atoms with van der Waals surface area (Å²) in [7, 11) is 1.68. The highest BCUT2D eigenvalue weighted by Gasteiger charge is 2.24. The number of ether oxygens (including phenoxy) is 1. The SMILES string of the molecule is COc1ncc([C@@H]2CCCCN2Cc2ccccc2)cc1C. The molecule has 1 saturated heterocycles. The first-order chi connectivity index (χ1) is 10.8. The van der Waals surface area contributed by atoms with Gasteiger partial charge in [-0.1, -0.05) is 36.8 Å². The second kappa shape index (κ2) is 6.93. The minimum atomic E-state index is 0.464. The van der Waals surface area contributed by atoms with Crippen LogP contribution >= 0.6 is 0 Å². The number of aryl methyl sites for hydroxylation is 1. The van der Waals surface area contributed by atoms with Crippen LogP contribution < -0.4 is 4.74 Å². The highest BCUT2D eigenvalue weighted by molar-refractivity contribution is 5.30. The smallest absolute Gasteiger partial charge is 0.215 e. The van der Waals surface area contributed by atoms with E-state index in [-0.39, 0.29) is 0 Å². The van der Waals surface area contributed by atoms with Crippen molar-refractivity contribution in [1.29, 1.82) is 0 Å². The molecule has 1 aliphatic rings. The van der Waals surface area contributed by atoms with E-state index in [1.165, 1.54) is 30.4 Å². The number of piperidine rings is 1. The molecular weight excluding hydrogens is 272 g/mol. The molecule has 116 valence electrons. The fourth-order valence-electron chi connectivity index (χ4n) is 3.36. The largest absolute Gasteiger partial charge is 0.481 e. The molecule has 3 nitrogen and oxygen atoms in total. The monoisotopic (exact) mass is 296 g/mol. The van der Waals surface area contributed by atoms with E-state index in [0.717, 1.165) is 24.5 Å². The maximum atomic E-state index is 5.29. The van der Waals surface area contributed by atoms with Crippen molar-refractivity contribution in [3.05, 3.63) is 59.3 Å². The Kier molecular flexibility index (Phi) is 4.74. The topological polar surface area (TPSA) is 25.4 Å². The summed E-state index contributed by atoms with van der Waals surface area (Å²) in [5.74, 6) is 0.731. The van der Waals surface area contributed by atoms with Crippen LogP contribution in [0.15, 0.2) is 42.6 Å². The summed E-state index contributed by atoms with van der Waals surface area (Å²) in [6.07, 6.45) is 5.77. The van der Waals surface area contributed by atoms with Crippen LogP contribution in [0, 0.1) is 6.92 Å². The van der Waals surface area contributed by atoms with Crippen molar-refractivity contribution in [3.8, 4) is 5.88 Å². The summed E-state index contributed by atoms with van der Waals surface area (Å²) in [5, 5.41) is 0. The minimum absolute atomic E-state index is 0.464. The summed E-state index contributed by atoms with van der Waals surface area (Å²) < 4.78 is 5.29. The summed E-state index contributed by atoms with van der Waals surface area (Å²) >= 11 is 0. The van der Waals surface area contributed by atoms with Gasteiger partial charge in [0.05, 0.1) is 7.11 Å². The molecule has 22 heavy (non-hydrogen) atoms. The van der Waals surface area contributed by atoms with Crippen molar-refractivity contribution in [2.24, 2.45) is 0 Å². The Bertz CT molecular complexity index is 612. The van der Waals surface area contributed by atoms with Crippen LogP contribution in [-0.4, -0.2) is 23.5 Å². The van der Waals surface area contributed by atoms with Crippen LogP contribution in [0.1, 0.15) is 42.0 Å². The number of nitrogens with zero attached hydrogens (tertiary/aromatic N) is 2. The molecule has 1 fully saturated rings. The normalized spacial score (nSPS) is 19.1. The van der Waals surface area contributed by atoms with Crippen molar-refractivity contribution >= 4 is 0 Å². The lowest BCUT2D eigenvalue weighted by Gasteiger charge is -2.36. The zero-order chi connectivity index (χ0) is 15.4. The molecule has 0 spiro atoms. The number of pyridine rings is 1. The molecule has 1 aromatic heterocycles. The first-order valence-corrected chi connectivity index (χ1v) is 8.06. The molecule has 3 heteroatoms. The van der Waals surface area contributed by atoms with Gasteiger partial charge >= 0.3 is 0 Å². The molecule has 0 aliphatic carbocycles. The number of benzene rings is 1. The Morgan fingerprint density at radius 3 is 2.77 bits per heavy atom. The fourth-order valence-corrected chi connectivity index (χ4v) is 3.36. The molecule has 1 aromatic carbocycles. The van der Waals surface area contributed by atoms with Crippen molar-refractivity contribution in [3.63, 3.8) is 0 Å². The van der Waals surface area contributed by atoms with Crippen molar-refractivity contribution in [2.75, 3.05) is 13.7 Å². The van der Waals surface area contributed by atoms with Gasteiger partial charge in [-0.25, -0.2) is 4.98 Å². The number of methoxy groups -OCH3 is 1. The lowest BCUT2D eigenvalue weighted by atomic mass is 9.95. The second-order valence-corrected chi connectivity index (χ2v) is 6.06. The van der Waals surface area contributed by atoms with Crippen molar-refractivity contribution < 1.29 is 4.74 Å². The molecule has 2 aromatic rings. The van der Waals surface area contributed by atoms with Crippen LogP contribution in [-0.2, 0) is 6.54 Å². The molecular formula is C19H24N2O.